The van der Waals surface area contributed by atoms with Gasteiger partial charge in [-0.3, -0.25) is 9.59 Å². The van der Waals surface area contributed by atoms with Gasteiger partial charge in [0.05, 0.1) is 18.0 Å². The summed E-state index contributed by atoms with van der Waals surface area (Å²) in [5.74, 6) is -0.606. The number of carbonyl (C=O) groups is 3. The number of fused-ring (bicyclic) bond motifs is 1. The number of thiophene rings is 1. The van der Waals surface area contributed by atoms with Gasteiger partial charge >= 0.3 is 0 Å². The van der Waals surface area contributed by atoms with Gasteiger partial charge in [-0.05, 0) is 36.4 Å². The summed E-state index contributed by atoms with van der Waals surface area (Å²) in [4.78, 5) is 40.5. The van der Waals surface area contributed by atoms with Gasteiger partial charge in [0.15, 0.2) is 0 Å². The first-order valence-corrected chi connectivity index (χ1v) is 10.5. The third kappa shape index (κ3) is 5.71. The number of nitrogens with zero attached hydrogens (tertiary/aromatic N) is 1. The molecule has 1 aromatic carbocycles. The molecule has 3 rings (SSSR count). The lowest BCUT2D eigenvalue weighted by molar-refractivity contribution is -0.124. The number of rotatable bonds is 10. The Morgan fingerprint density at radius 1 is 1.03 bits per heavy atom. The third-order valence-corrected chi connectivity index (χ3v) is 5.58. The fourth-order valence-electron chi connectivity index (χ4n) is 3.12. The minimum absolute atomic E-state index is 0.0233. The molecule has 3 aromatic rings. The maximum absolute atomic E-state index is 12.3. The number of carbonyl (C=O) groups excluding carboxylic acids is 3. The summed E-state index contributed by atoms with van der Waals surface area (Å²) in [6.07, 6.45) is 2.87. The molecule has 0 saturated heterocycles. The van der Waals surface area contributed by atoms with Gasteiger partial charge in [-0.2, -0.15) is 0 Å². The molecule has 0 bridgehead atoms. The summed E-state index contributed by atoms with van der Waals surface area (Å²) in [6.45, 7) is 0.538. The number of amides is 2. The van der Waals surface area contributed by atoms with E-state index in [4.69, 9.17) is 0 Å². The van der Waals surface area contributed by atoms with E-state index in [1.54, 1.807) is 6.07 Å². The maximum Gasteiger partial charge on any atom is 0.269 e. The Balaban J connectivity index is 1.47. The van der Waals surface area contributed by atoms with Crippen molar-refractivity contribution in [3.8, 4) is 0 Å². The Kier molecular flexibility index (Phi) is 7.47. The molecule has 1 unspecified atom stereocenters. The number of unbranched alkanes of at least 4 members (excludes halogenated alkanes) is 1. The van der Waals surface area contributed by atoms with Crippen molar-refractivity contribution in [1.82, 2.24) is 15.6 Å². The van der Waals surface area contributed by atoms with Gasteiger partial charge in [0.1, 0.15) is 12.0 Å². The second kappa shape index (κ2) is 10.5. The molecule has 29 heavy (non-hydrogen) atoms. The van der Waals surface area contributed by atoms with Crippen molar-refractivity contribution in [3.05, 3.63) is 64.5 Å². The number of aldehydes is 1. The molecule has 0 spiro atoms. The topological polar surface area (TPSA) is 88.2 Å². The number of hydrogen-bond acceptors (Lipinski definition) is 5. The van der Waals surface area contributed by atoms with Gasteiger partial charge < -0.3 is 15.4 Å². The molecule has 2 aromatic heterocycles. The van der Waals surface area contributed by atoms with Crippen LogP contribution in [-0.2, 0) is 9.59 Å². The standard InChI is InChI=1S/C22H23N3O3S/c26-14-13-24-21(27)17(20-9-5-15-29-20)7-3-4-12-23-22(28)19-11-10-16-6-1-2-8-18(16)25-19/h1-2,5-6,8-11,14-15,17H,3-4,7,12-13H2,(H,23,28)(H,24,27). The van der Waals surface area contributed by atoms with Crippen LogP contribution in [0.25, 0.3) is 10.9 Å². The summed E-state index contributed by atoms with van der Waals surface area (Å²) in [5.41, 5.74) is 1.19. The zero-order valence-corrected chi connectivity index (χ0v) is 16.8. The van der Waals surface area contributed by atoms with Gasteiger partial charge in [0.2, 0.25) is 5.91 Å². The van der Waals surface area contributed by atoms with Crippen LogP contribution in [0.2, 0.25) is 0 Å². The minimum atomic E-state index is -0.271. The maximum atomic E-state index is 12.3. The van der Waals surface area contributed by atoms with E-state index in [-0.39, 0.29) is 24.3 Å². The number of benzene rings is 1. The van der Waals surface area contributed by atoms with E-state index in [9.17, 15) is 14.4 Å². The van der Waals surface area contributed by atoms with Crippen LogP contribution < -0.4 is 10.6 Å². The highest BCUT2D eigenvalue weighted by Crippen LogP contribution is 2.26. The second-order valence-corrected chi connectivity index (χ2v) is 7.60. The van der Waals surface area contributed by atoms with Crippen molar-refractivity contribution in [2.24, 2.45) is 0 Å². The summed E-state index contributed by atoms with van der Waals surface area (Å²) in [6, 6.07) is 15.1. The zero-order chi connectivity index (χ0) is 20.5. The van der Waals surface area contributed by atoms with Gasteiger partial charge in [0, 0.05) is 16.8 Å². The fraction of sp³-hybridized carbons (Fsp3) is 0.273. The van der Waals surface area contributed by atoms with E-state index < -0.39 is 0 Å². The Morgan fingerprint density at radius 3 is 2.69 bits per heavy atom. The van der Waals surface area contributed by atoms with E-state index in [0.717, 1.165) is 28.6 Å². The quantitative estimate of drug-likeness (QED) is 0.397. The number of aromatic nitrogens is 1. The predicted octanol–water partition coefficient (Wildman–Crippen LogP) is 3.30. The molecule has 0 aliphatic rings. The van der Waals surface area contributed by atoms with E-state index in [0.29, 0.717) is 24.9 Å². The van der Waals surface area contributed by atoms with Crippen molar-refractivity contribution < 1.29 is 14.4 Å². The van der Waals surface area contributed by atoms with Crippen LogP contribution >= 0.6 is 11.3 Å². The lowest BCUT2D eigenvalue weighted by Gasteiger charge is -2.14. The normalized spacial score (nSPS) is 11.7. The molecule has 7 heteroatoms. The fourth-order valence-corrected chi connectivity index (χ4v) is 3.98. The second-order valence-electron chi connectivity index (χ2n) is 6.62. The lowest BCUT2D eigenvalue weighted by atomic mass is 9.99. The molecule has 150 valence electrons. The van der Waals surface area contributed by atoms with Gasteiger partial charge in [-0.15, -0.1) is 11.3 Å². The third-order valence-electron chi connectivity index (χ3n) is 4.60. The zero-order valence-electron chi connectivity index (χ0n) is 16.0. The molecule has 2 heterocycles. The van der Waals surface area contributed by atoms with Crippen molar-refractivity contribution in [3.63, 3.8) is 0 Å². The van der Waals surface area contributed by atoms with Crippen molar-refractivity contribution >= 4 is 40.3 Å². The molecule has 1 atom stereocenters. The molecule has 0 radical (unpaired) electrons. The molecule has 0 aliphatic carbocycles. The molecule has 0 fully saturated rings. The first-order valence-electron chi connectivity index (χ1n) is 9.58. The Labute approximate surface area is 173 Å². The predicted molar refractivity (Wildman–Crippen MR) is 114 cm³/mol. The average Bonchev–Trinajstić information content (AvgIpc) is 3.28. The monoisotopic (exact) mass is 409 g/mol. The van der Waals surface area contributed by atoms with Crippen LogP contribution in [0.15, 0.2) is 53.9 Å². The molecular weight excluding hydrogens is 386 g/mol. The number of hydrogen-bond donors (Lipinski definition) is 2. The largest absolute Gasteiger partial charge is 0.351 e. The molecule has 6 nitrogen and oxygen atoms in total. The molecule has 0 saturated carbocycles. The van der Waals surface area contributed by atoms with E-state index in [2.05, 4.69) is 15.6 Å². The Morgan fingerprint density at radius 2 is 1.90 bits per heavy atom. The van der Waals surface area contributed by atoms with Crippen LogP contribution in [-0.4, -0.2) is 36.2 Å². The van der Waals surface area contributed by atoms with Crippen LogP contribution in [0.3, 0.4) is 0 Å². The summed E-state index contributed by atoms with van der Waals surface area (Å²) >= 11 is 1.53. The average molecular weight is 410 g/mol. The van der Waals surface area contributed by atoms with Gasteiger partial charge in [-0.25, -0.2) is 4.98 Å². The van der Waals surface area contributed by atoms with Gasteiger partial charge in [0.25, 0.3) is 5.91 Å². The number of nitrogens with one attached hydrogen (secondary N) is 2. The van der Waals surface area contributed by atoms with Crippen molar-refractivity contribution in [2.45, 2.75) is 25.2 Å². The van der Waals surface area contributed by atoms with Crippen LogP contribution in [0.4, 0.5) is 0 Å². The lowest BCUT2D eigenvalue weighted by Crippen LogP contribution is -2.30. The van der Waals surface area contributed by atoms with Gasteiger partial charge in [-0.1, -0.05) is 36.8 Å². The van der Waals surface area contributed by atoms with Crippen molar-refractivity contribution in [1.29, 1.82) is 0 Å². The smallest absolute Gasteiger partial charge is 0.269 e. The summed E-state index contributed by atoms with van der Waals surface area (Å²) in [5, 5.41) is 8.46. The minimum Gasteiger partial charge on any atom is -0.351 e. The number of para-hydroxylation sites is 1. The molecule has 2 amide bonds. The highest BCUT2D eigenvalue weighted by Gasteiger charge is 2.20. The van der Waals surface area contributed by atoms with Crippen LogP contribution in [0.1, 0.15) is 40.5 Å². The van der Waals surface area contributed by atoms with Crippen LogP contribution in [0.5, 0.6) is 0 Å². The van der Waals surface area contributed by atoms with Crippen molar-refractivity contribution in [2.75, 3.05) is 13.1 Å². The summed E-state index contributed by atoms with van der Waals surface area (Å²) < 4.78 is 0. The Hall–Kier alpha value is -3.06. The highest BCUT2D eigenvalue weighted by atomic mass is 32.1. The van der Waals surface area contributed by atoms with E-state index >= 15 is 0 Å². The Bertz CT molecular complexity index is 972. The number of pyridine rings is 1. The van der Waals surface area contributed by atoms with E-state index in [1.165, 1.54) is 11.3 Å². The van der Waals surface area contributed by atoms with Crippen LogP contribution in [0, 0.1) is 0 Å². The molecule has 2 N–H and O–H groups in total. The molecular formula is C22H23N3O3S. The molecule has 0 aliphatic heterocycles. The highest BCUT2D eigenvalue weighted by molar-refractivity contribution is 7.10. The first kappa shape index (κ1) is 20.7. The van der Waals surface area contributed by atoms with E-state index in [1.807, 2.05) is 47.8 Å². The SMILES string of the molecule is O=CCNC(=O)C(CCCCNC(=O)c1ccc2ccccc2n1)c1cccs1. The first-order chi connectivity index (χ1) is 14.2. The summed E-state index contributed by atoms with van der Waals surface area (Å²) in [7, 11) is 0.